The number of aromatic nitrogens is 2. The Bertz CT molecular complexity index is 476. The molecule has 0 bridgehead atoms. The van der Waals surface area contributed by atoms with Crippen LogP contribution in [-0.2, 0) is 6.54 Å². The molecule has 1 fully saturated rings. The van der Waals surface area contributed by atoms with E-state index >= 15 is 0 Å². The zero-order chi connectivity index (χ0) is 11.5. The number of nitrogens with zero attached hydrogens (tertiary/aromatic N) is 2. The summed E-state index contributed by atoms with van der Waals surface area (Å²) in [6, 6.07) is 9.87. The molecule has 1 aliphatic carbocycles. The molecule has 4 heteroatoms. The van der Waals surface area contributed by atoms with Crippen molar-refractivity contribution < 1.29 is 4.52 Å². The Hall–Kier alpha value is -1.68. The Morgan fingerprint density at radius 2 is 2.06 bits per heavy atom. The van der Waals surface area contributed by atoms with Crippen LogP contribution in [0.4, 0.5) is 0 Å². The fourth-order valence-corrected chi connectivity index (χ4v) is 1.74. The van der Waals surface area contributed by atoms with Gasteiger partial charge in [0.1, 0.15) is 0 Å². The molecule has 3 rings (SSSR count). The fraction of sp³-hybridized carbons (Fsp3) is 0.385. The SMILES string of the molecule is c1ccc(-c2noc(CNCC3CC3)n2)cc1. The lowest BCUT2D eigenvalue weighted by molar-refractivity contribution is 0.367. The van der Waals surface area contributed by atoms with Crippen molar-refractivity contribution in [2.75, 3.05) is 6.54 Å². The zero-order valence-corrected chi connectivity index (χ0v) is 9.60. The molecule has 88 valence electrons. The van der Waals surface area contributed by atoms with Crippen molar-refractivity contribution in [3.63, 3.8) is 0 Å². The number of hydrogen-bond acceptors (Lipinski definition) is 4. The fourth-order valence-electron chi connectivity index (χ4n) is 1.74. The molecule has 17 heavy (non-hydrogen) atoms. The van der Waals surface area contributed by atoms with E-state index < -0.39 is 0 Å². The second-order valence-corrected chi connectivity index (χ2v) is 4.45. The molecule has 0 saturated heterocycles. The molecule has 1 aliphatic rings. The van der Waals surface area contributed by atoms with Crippen LogP contribution in [0.3, 0.4) is 0 Å². The third kappa shape index (κ3) is 2.71. The van der Waals surface area contributed by atoms with Crippen LogP contribution in [0.5, 0.6) is 0 Å². The van der Waals surface area contributed by atoms with Gasteiger partial charge < -0.3 is 9.84 Å². The number of hydrogen-bond donors (Lipinski definition) is 1. The highest BCUT2D eigenvalue weighted by Gasteiger charge is 2.20. The molecular weight excluding hydrogens is 214 g/mol. The minimum absolute atomic E-state index is 0.657. The summed E-state index contributed by atoms with van der Waals surface area (Å²) in [5.74, 6) is 2.19. The van der Waals surface area contributed by atoms with Gasteiger partial charge in [-0.3, -0.25) is 0 Å². The molecule has 0 atom stereocenters. The van der Waals surface area contributed by atoms with Crippen LogP contribution in [0.2, 0.25) is 0 Å². The lowest BCUT2D eigenvalue weighted by Gasteiger charge is -1.97. The monoisotopic (exact) mass is 229 g/mol. The maximum Gasteiger partial charge on any atom is 0.240 e. The second kappa shape index (κ2) is 4.67. The van der Waals surface area contributed by atoms with Crippen LogP contribution in [-0.4, -0.2) is 16.7 Å². The summed E-state index contributed by atoms with van der Waals surface area (Å²) in [5, 5.41) is 7.31. The largest absolute Gasteiger partial charge is 0.338 e. The van der Waals surface area contributed by atoms with Crippen LogP contribution >= 0.6 is 0 Å². The van der Waals surface area contributed by atoms with Gasteiger partial charge in [-0.1, -0.05) is 35.5 Å². The molecule has 1 N–H and O–H groups in total. The van der Waals surface area contributed by atoms with E-state index in [0.717, 1.165) is 18.0 Å². The topological polar surface area (TPSA) is 51.0 Å². The van der Waals surface area contributed by atoms with Gasteiger partial charge in [-0.25, -0.2) is 0 Å². The van der Waals surface area contributed by atoms with Gasteiger partial charge in [0.25, 0.3) is 0 Å². The third-order valence-corrected chi connectivity index (χ3v) is 2.91. The van der Waals surface area contributed by atoms with E-state index in [2.05, 4.69) is 15.5 Å². The van der Waals surface area contributed by atoms with Crippen molar-refractivity contribution in [1.82, 2.24) is 15.5 Å². The Balaban J connectivity index is 1.61. The maximum absolute atomic E-state index is 5.20. The Morgan fingerprint density at radius 3 is 2.82 bits per heavy atom. The molecule has 0 amide bonds. The van der Waals surface area contributed by atoms with Gasteiger partial charge in [0, 0.05) is 5.56 Å². The van der Waals surface area contributed by atoms with Crippen LogP contribution < -0.4 is 5.32 Å². The van der Waals surface area contributed by atoms with E-state index in [1.807, 2.05) is 30.3 Å². The normalized spacial score (nSPS) is 15.1. The Morgan fingerprint density at radius 1 is 1.24 bits per heavy atom. The number of benzene rings is 1. The predicted octanol–water partition coefficient (Wildman–Crippen LogP) is 2.24. The van der Waals surface area contributed by atoms with Crippen molar-refractivity contribution >= 4 is 0 Å². The Kier molecular flexibility index (Phi) is 2.88. The van der Waals surface area contributed by atoms with E-state index in [9.17, 15) is 0 Å². The van der Waals surface area contributed by atoms with E-state index in [1.54, 1.807) is 0 Å². The highest BCUT2D eigenvalue weighted by Crippen LogP contribution is 2.27. The molecule has 1 heterocycles. The first-order chi connectivity index (χ1) is 8.42. The molecule has 0 spiro atoms. The first kappa shape index (κ1) is 10.5. The summed E-state index contributed by atoms with van der Waals surface area (Å²) < 4.78 is 5.20. The van der Waals surface area contributed by atoms with Crippen molar-refractivity contribution in [3.8, 4) is 11.4 Å². The molecule has 0 aliphatic heterocycles. The van der Waals surface area contributed by atoms with E-state index in [1.165, 1.54) is 12.8 Å². The van der Waals surface area contributed by atoms with Gasteiger partial charge >= 0.3 is 0 Å². The molecule has 1 saturated carbocycles. The van der Waals surface area contributed by atoms with Gasteiger partial charge in [-0.05, 0) is 25.3 Å². The van der Waals surface area contributed by atoms with Gasteiger partial charge in [-0.15, -0.1) is 0 Å². The maximum atomic E-state index is 5.20. The summed E-state index contributed by atoms with van der Waals surface area (Å²) >= 11 is 0. The minimum Gasteiger partial charge on any atom is -0.338 e. The molecule has 1 aromatic carbocycles. The quantitative estimate of drug-likeness (QED) is 0.854. The van der Waals surface area contributed by atoms with E-state index in [0.29, 0.717) is 18.3 Å². The summed E-state index contributed by atoms with van der Waals surface area (Å²) in [4.78, 5) is 4.36. The van der Waals surface area contributed by atoms with Gasteiger partial charge in [0.05, 0.1) is 6.54 Å². The van der Waals surface area contributed by atoms with Gasteiger partial charge in [0.15, 0.2) is 0 Å². The van der Waals surface area contributed by atoms with Crippen molar-refractivity contribution in [2.24, 2.45) is 5.92 Å². The van der Waals surface area contributed by atoms with Gasteiger partial charge in [-0.2, -0.15) is 4.98 Å². The third-order valence-electron chi connectivity index (χ3n) is 2.91. The van der Waals surface area contributed by atoms with Crippen LogP contribution in [0.1, 0.15) is 18.7 Å². The second-order valence-electron chi connectivity index (χ2n) is 4.45. The molecule has 0 unspecified atom stereocenters. The van der Waals surface area contributed by atoms with Crippen LogP contribution in [0.25, 0.3) is 11.4 Å². The lowest BCUT2D eigenvalue weighted by atomic mass is 10.2. The highest BCUT2D eigenvalue weighted by atomic mass is 16.5. The van der Waals surface area contributed by atoms with Crippen molar-refractivity contribution in [1.29, 1.82) is 0 Å². The Labute approximate surface area is 100 Å². The molecule has 2 aromatic rings. The summed E-state index contributed by atoms with van der Waals surface area (Å²) in [6.45, 7) is 1.72. The average molecular weight is 229 g/mol. The van der Waals surface area contributed by atoms with Crippen LogP contribution in [0.15, 0.2) is 34.9 Å². The number of nitrogens with one attached hydrogen (secondary N) is 1. The minimum atomic E-state index is 0.657. The number of rotatable bonds is 5. The van der Waals surface area contributed by atoms with Crippen molar-refractivity contribution in [2.45, 2.75) is 19.4 Å². The van der Waals surface area contributed by atoms with Crippen LogP contribution in [0, 0.1) is 5.92 Å². The standard InChI is InChI=1S/C13H15N3O/c1-2-4-11(5-3-1)13-15-12(17-16-13)9-14-8-10-6-7-10/h1-5,10,14H,6-9H2. The van der Waals surface area contributed by atoms with Crippen molar-refractivity contribution in [3.05, 3.63) is 36.2 Å². The summed E-state index contributed by atoms with van der Waals surface area (Å²) in [5.41, 5.74) is 0.990. The first-order valence-electron chi connectivity index (χ1n) is 6.00. The first-order valence-corrected chi connectivity index (χ1v) is 6.00. The average Bonchev–Trinajstić information content (AvgIpc) is 3.07. The lowest BCUT2D eigenvalue weighted by Crippen LogP contribution is -2.16. The summed E-state index contributed by atoms with van der Waals surface area (Å²) in [6.07, 6.45) is 2.71. The zero-order valence-electron chi connectivity index (χ0n) is 9.60. The summed E-state index contributed by atoms with van der Waals surface area (Å²) in [7, 11) is 0. The molecular formula is C13H15N3O. The molecule has 4 nitrogen and oxygen atoms in total. The highest BCUT2D eigenvalue weighted by molar-refractivity contribution is 5.53. The molecule has 0 radical (unpaired) electrons. The van der Waals surface area contributed by atoms with E-state index in [4.69, 9.17) is 4.52 Å². The molecule has 1 aromatic heterocycles. The van der Waals surface area contributed by atoms with E-state index in [-0.39, 0.29) is 0 Å². The predicted molar refractivity (Wildman–Crippen MR) is 64.2 cm³/mol. The smallest absolute Gasteiger partial charge is 0.240 e. The van der Waals surface area contributed by atoms with Gasteiger partial charge in [0.2, 0.25) is 11.7 Å².